The minimum Gasteiger partial charge on any atom is -0.465 e. The van der Waals surface area contributed by atoms with E-state index < -0.39 is 11.5 Å². The molecule has 0 saturated heterocycles. The molecule has 19 heavy (non-hydrogen) atoms. The highest BCUT2D eigenvalue weighted by molar-refractivity contribution is 7.71. The largest absolute Gasteiger partial charge is 0.465 e. The van der Waals surface area contributed by atoms with E-state index in [0.717, 1.165) is 0 Å². The van der Waals surface area contributed by atoms with Gasteiger partial charge in [-0.25, -0.2) is 9.78 Å². The van der Waals surface area contributed by atoms with Gasteiger partial charge in [-0.1, -0.05) is 0 Å². The van der Waals surface area contributed by atoms with Crippen LogP contribution in [0.3, 0.4) is 0 Å². The third-order valence-electron chi connectivity index (χ3n) is 2.80. The number of H-pyrrole nitrogens is 1. The maximum absolute atomic E-state index is 12.0. The van der Waals surface area contributed by atoms with Crippen LogP contribution in [0, 0.1) is 11.7 Å². The lowest BCUT2D eigenvalue weighted by Crippen LogP contribution is -2.19. The van der Waals surface area contributed by atoms with Crippen molar-refractivity contribution in [2.75, 3.05) is 7.11 Å². The summed E-state index contributed by atoms with van der Waals surface area (Å²) in [6.45, 7) is 4.18. The van der Waals surface area contributed by atoms with E-state index in [0.29, 0.717) is 17.9 Å². The molecule has 0 atom stereocenters. The average Bonchev–Trinajstić information content (AvgIpc) is 2.36. The monoisotopic (exact) mass is 279 g/mol. The summed E-state index contributed by atoms with van der Waals surface area (Å²) < 4.78 is 6.66. The summed E-state index contributed by atoms with van der Waals surface area (Å²) in [7, 11) is 1.27. The topological polar surface area (TPSA) is 77.0 Å². The molecule has 0 amide bonds. The van der Waals surface area contributed by atoms with Crippen molar-refractivity contribution in [3.05, 3.63) is 32.4 Å². The summed E-state index contributed by atoms with van der Waals surface area (Å²) in [6.07, 6.45) is 0. The number of hydrogen-bond acceptors (Lipinski definition) is 5. The Kier molecular flexibility index (Phi) is 3.48. The smallest absolute Gasteiger partial charge is 0.338 e. The van der Waals surface area contributed by atoms with Crippen molar-refractivity contribution in [2.45, 2.75) is 20.4 Å². The molecule has 0 aromatic carbocycles. The van der Waals surface area contributed by atoms with Crippen molar-refractivity contribution in [3.8, 4) is 0 Å². The van der Waals surface area contributed by atoms with Crippen molar-refractivity contribution in [2.24, 2.45) is 0 Å². The Morgan fingerprint density at radius 1 is 1.58 bits per heavy atom. The molecule has 0 aliphatic carbocycles. The highest BCUT2D eigenvalue weighted by atomic mass is 32.1. The molecule has 0 aliphatic heterocycles. The number of aryl methyl sites for hydroxylation is 2. The molecule has 0 fully saturated rings. The van der Waals surface area contributed by atoms with Crippen LogP contribution in [0.1, 0.15) is 23.0 Å². The van der Waals surface area contributed by atoms with Crippen LogP contribution >= 0.6 is 12.2 Å². The molecule has 0 aliphatic rings. The standard InChI is InChI=1S/C12H13N3O3S/c1-4-15-9-8(10(16)14-12(15)19)7(11(17)18-3)5-6(2)13-9/h5H,4H2,1-3H3,(H,14,16,19). The number of pyridine rings is 1. The van der Waals surface area contributed by atoms with Crippen LogP contribution in [0.5, 0.6) is 0 Å². The Labute approximate surface area is 114 Å². The molecular formula is C12H13N3O3S. The molecule has 1 N–H and O–H groups in total. The summed E-state index contributed by atoms with van der Waals surface area (Å²) in [5.41, 5.74) is 0.785. The fraction of sp³-hybridized carbons (Fsp3) is 0.333. The summed E-state index contributed by atoms with van der Waals surface area (Å²) in [4.78, 5) is 30.7. The number of fused-ring (bicyclic) bond motifs is 1. The average molecular weight is 279 g/mol. The highest BCUT2D eigenvalue weighted by Crippen LogP contribution is 2.16. The van der Waals surface area contributed by atoms with Crippen LogP contribution in [0.25, 0.3) is 11.0 Å². The van der Waals surface area contributed by atoms with Crippen molar-refractivity contribution >= 4 is 29.2 Å². The zero-order valence-corrected chi connectivity index (χ0v) is 11.6. The summed E-state index contributed by atoms with van der Waals surface area (Å²) >= 11 is 5.10. The number of hydrogen-bond donors (Lipinski definition) is 1. The first-order chi connectivity index (χ1) is 8.99. The fourth-order valence-electron chi connectivity index (χ4n) is 1.96. The van der Waals surface area contributed by atoms with Crippen LogP contribution in [0.4, 0.5) is 0 Å². The number of aromatic amines is 1. The Morgan fingerprint density at radius 3 is 2.84 bits per heavy atom. The van der Waals surface area contributed by atoms with Gasteiger partial charge >= 0.3 is 5.97 Å². The number of ether oxygens (including phenoxy) is 1. The van der Waals surface area contributed by atoms with E-state index in [2.05, 4.69) is 9.97 Å². The van der Waals surface area contributed by atoms with E-state index in [9.17, 15) is 9.59 Å². The van der Waals surface area contributed by atoms with Crippen molar-refractivity contribution in [1.82, 2.24) is 14.5 Å². The lowest BCUT2D eigenvalue weighted by atomic mass is 10.1. The highest BCUT2D eigenvalue weighted by Gasteiger charge is 2.17. The first-order valence-electron chi connectivity index (χ1n) is 5.72. The van der Waals surface area contributed by atoms with Gasteiger partial charge in [0.15, 0.2) is 4.77 Å². The van der Waals surface area contributed by atoms with Gasteiger partial charge in [0, 0.05) is 12.2 Å². The predicted octanol–water partition coefficient (Wildman–Crippen LogP) is 1.57. The maximum Gasteiger partial charge on any atom is 0.338 e. The van der Waals surface area contributed by atoms with Gasteiger partial charge in [-0.3, -0.25) is 9.78 Å². The predicted molar refractivity (Wildman–Crippen MR) is 72.9 cm³/mol. The molecule has 0 radical (unpaired) electrons. The van der Waals surface area contributed by atoms with Crippen molar-refractivity contribution in [1.29, 1.82) is 0 Å². The van der Waals surface area contributed by atoms with Gasteiger partial charge in [-0.05, 0) is 32.1 Å². The normalized spacial score (nSPS) is 10.7. The quantitative estimate of drug-likeness (QED) is 0.667. The van der Waals surface area contributed by atoms with Crippen LogP contribution < -0.4 is 5.56 Å². The molecule has 2 aromatic heterocycles. The van der Waals surface area contributed by atoms with Gasteiger partial charge in [0.25, 0.3) is 5.56 Å². The number of carbonyl (C=O) groups excluding carboxylic acids is 1. The van der Waals surface area contributed by atoms with Crippen molar-refractivity contribution in [3.63, 3.8) is 0 Å². The fourth-order valence-corrected chi connectivity index (χ4v) is 2.27. The number of nitrogens with one attached hydrogen (secondary N) is 1. The lowest BCUT2D eigenvalue weighted by molar-refractivity contribution is 0.0602. The van der Waals surface area contributed by atoms with E-state index in [1.54, 1.807) is 11.5 Å². The second-order valence-electron chi connectivity index (χ2n) is 4.00. The Bertz CT molecular complexity index is 776. The molecule has 2 rings (SSSR count). The van der Waals surface area contributed by atoms with Crippen LogP contribution in [0.2, 0.25) is 0 Å². The molecular weight excluding hydrogens is 266 g/mol. The van der Waals surface area contributed by atoms with E-state index in [-0.39, 0.29) is 15.7 Å². The van der Waals surface area contributed by atoms with Crippen LogP contribution in [-0.2, 0) is 11.3 Å². The number of esters is 1. The second-order valence-corrected chi connectivity index (χ2v) is 4.39. The molecule has 0 bridgehead atoms. The Morgan fingerprint density at radius 2 is 2.26 bits per heavy atom. The molecule has 0 unspecified atom stereocenters. The molecule has 2 aromatic rings. The van der Waals surface area contributed by atoms with E-state index >= 15 is 0 Å². The molecule has 100 valence electrons. The van der Waals surface area contributed by atoms with Crippen LogP contribution in [-0.4, -0.2) is 27.6 Å². The number of methoxy groups -OCH3 is 1. The minimum absolute atomic E-state index is 0.198. The molecule has 0 saturated carbocycles. The minimum atomic E-state index is -0.569. The molecule has 2 heterocycles. The first-order valence-corrected chi connectivity index (χ1v) is 6.13. The number of aromatic nitrogens is 3. The van der Waals surface area contributed by atoms with Crippen LogP contribution in [0.15, 0.2) is 10.9 Å². The van der Waals surface area contributed by atoms with Gasteiger partial charge in [-0.15, -0.1) is 0 Å². The van der Waals surface area contributed by atoms with E-state index in [1.165, 1.54) is 13.2 Å². The van der Waals surface area contributed by atoms with Gasteiger partial charge < -0.3 is 9.30 Å². The third kappa shape index (κ3) is 2.17. The lowest BCUT2D eigenvalue weighted by Gasteiger charge is -2.10. The zero-order valence-electron chi connectivity index (χ0n) is 10.8. The third-order valence-corrected chi connectivity index (χ3v) is 3.12. The molecule has 7 heteroatoms. The summed E-state index contributed by atoms with van der Waals surface area (Å²) in [6, 6.07) is 1.53. The Balaban J connectivity index is 3.05. The molecule has 6 nitrogen and oxygen atoms in total. The van der Waals surface area contributed by atoms with E-state index in [4.69, 9.17) is 17.0 Å². The SMILES string of the molecule is CCn1c(=S)[nH]c(=O)c2c(C(=O)OC)cc(C)nc21. The van der Waals surface area contributed by atoms with Gasteiger partial charge in [-0.2, -0.15) is 0 Å². The Hall–Kier alpha value is -2.02. The van der Waals surface area contributed by atoms with Gasteiger partial charge in [0.05, 0.1) is 18.1 Å². The summed E-state index contributed by atoms with van der Waals surface area (Å²) in [5.74, 6) is -0.569. The summed E-state index contributed by atoms with van der Waals surface area (Å²) in [5, 5.41) is 0.202. The van der Waals surface area contributed by atoms with E-state index in [1.807, 2.05) is 6.92 Å². The van der Waals surface area contributed by atoms with Gasteiger partial charge in [0.1, 0.15) is 5.65 Å². The second kappa shape index (κ2) is 4.93. The number of rotatable bonds is 2. The zero-order chi connectivity index (χ0) is 14.2. The van der Waals surface area contributed by atoms with Gasteiger partial charge in [0.2, 0.25) is 0 Å². The first kappa shape index (κ1) is 13.4. The number of nitrogens with zero attached hydrogens (tertiary/aromatic N) is 2. The van der Waals surface area contributed by atoms with Crippen molar-refractivity contribution < 1.29 is 9.53 Å². The maximum atomic E-state index is 12.0. The number of carbonyl (C=O) groups is 1. The molecule has 0 spiro atoms.